The molecule has 0 bridgehead atoms. The number of halogens is 2. The summed E-state index contributed by atoms with van der Waals surface area (Å²) in [6.07, 6.45) is 0. The van der Waals surface area contributed by atoms with E-state index in [1.807, 2.05) is 36.4 Å². The van der Waals surface area contributed by atoms with Gasteiger partial charge in [-0.1, -0.05) is 35.9 Å². The molecule has 100 valence electrons. The lowest BCUT2D eigenvalue weighted by atomic mass is 10.1. The highest BCUT2D eigenvalue weighted by Crippen LogP contribution is 2.20. The van der Waals surface area contributed by atoms with Gasteiger partial charge < -0.3 is 5.73 Å². The van der Waals surface area contributed by atoms with Crippen LogP contribution in [0.25, 0.3) is 0 Å². The van der Waals surface area contributed by atoms with Crippen molar-refractivity contribution in [1.82, 2.24) is 0 Å². The van der Waals surface area contributed by atoms with Crippen molar-refractivity contribution in [3.05, 3.63) is 70.0 Å². The second-order valence-corrected chi connectivity index (χ2v) is 5.67. The molecule has 0 fully saturated rings. The zero-order valence-electron chi connectivity index (χ0n) is 10.4. The molecule has 2 aromatic carbocycles. The maximum Gasteiger partial charge on any atom is 0.127 e. The number of rotatable bonds is 5. The molecule has 0 unspecified atom stereocenters. The Bertz CT molecular complexity index is 542. The third kappa shape index (κ3) is 4.23. The second kappa shape index (κ2) is 6.94. The minimum atomic E-state index is -0.228. The lowest BCUT2D eigenvalue weighted by Gasteiger charge is -2.05. The molecule has 1 nitrogen and oxygen atoms in total. The minimum Gasteiger partial charge on any atom is -0.326 e. The van der Waals surface area contributed by atoms with E-state index in [-0.39, 0.29) is 12.4 Å². The van der Waals surface area contributed by atoms with Gasteiger partial charge in [-0.2, -0.15) is 11.8 Å². The van der Waals surface area contributed by atoms with E-state index in [2.05, 4.69) is 0 Å². The summed E-state index contributed by atoms with van der Waals surface area (Å²) in [5.74, 6) is 1.52. The van der Waals surface area contributed by atoms with Crippen LogP contribution in [0.3, 0.4) is 0 Å². The first-order chi connectivity index (χ1) is 9.19. The Hall–Kier alpha value is -1.03. The topological polar surface area (TPSA) is 26.0 Å². The van der Waals surface area contributed by atoms with Crippen molar-refractivity contribution in [2.45, 2.75) is 18.1 Å². The van der Waals surface area contributed by atoms with E-state index in [4.69, 9.17) is 17.3 Å². The van der Waals surface area contributed by atoms with Crippen molar-refractivity contribution in [2.75, 3.05) is 0 Å². The predicted molar refractivity (Wildman–Crippen MR) is 80.7 cm³/mol. The lowest BCUT2D eigenvalue weighted by molar-refractivity contribution is 0.610. The molecule has 2 aromatic rings. The third-order valence-electron chi connectivity index (χ3n) is 2.78. The maximum atomic E-state index is 13.3. The van der Waals surface area contributed by atoms with Gasteiger partial charge in [-0.05, 0) is 29.3 Å². The van der Waals surface area contributed by atoms with Gasteiger partial charge in [-0.3, -0.25) is 0 Å². The molecule has 0 spiro atoms. The average molecular weight is 296 g/mol. The Morgan fingerprint density at radius 2 is 1.63 bits per heavy atom. The molecule has 0 saturated heterocycles. The van der Waals surface area contributed by atoms with Crippen LogP contribution >= 0.6 is 23.4 Å². The first-order valence-corrected chi connectivity index (χ1v) is 7.52. The van der Waals surface area contributed by atoms with Crippen molar-refractivity contribution >= 4 is 23.4 Å². The van der Waals surface area contributed by atoms with Gasteiger partial charge in [-0.15, -0.1) is 0 Å². The minimum absolute atomic E-state index is 0.228. The highest BCUT2D eigenvalue weighted by atomic mass is 35.5. The van der Waals surface area contributed by atoms with Crippen molar-refractivity contribution in [3.8, 4) is 0 Å². The number of hydrogen-bond acceptors (Lipinski definition) is 2. The predicted octanol–water partition coefficient (Wildman–Crippen LogP) is 4.37. The summed E-state index contributed by atoms with van der Waals surface area (Å²) in [7, 11) is 0. The molecule has 0 aliphatic heterocycles. The van der Waals surface area contributed by atoms with E-state index in [0.29, 0.717) is 5.56 Å². The molecule has 0 atom stereocenters. The van der Waals surface area contributed by atoms with Gasteiger partial charge in [0.05, 0.1) is 0 Å². The molecule has 0 amide bonds. The Kier molecular flexibility index (Phi) is 5.25. The fourth-order valence-corrected chi connectivity index (χ4v) is 2.81. The fourth-order valence-electron chi connectivity index (χ4n) is 1.74. The average Bonchev–Trinajstić information content (AvgIpc) is 2.43. The van der Waals surface area contributed by atoms with Crippen LogP contribution in [0.4, 0.5) is 4.39 Å². The van der Waals surface area contributed by atoms with Gasteiger partial charge in [0.15, 0.2) is 0 Å². The van der Waals surface area contributed by atoms with Gasteiger partial charge in [0.1, 0.15) is 5.82 Å². The quantitative estimate of drug-likeness (QED) is 0.886. The van der Waals surface area contributed by atoms with E-state index >= 15 is 0 Å². The van der Waals surface area contributed by atoms with Crippen molar-refractivity contribution in [2.24, 2.45) is 5.73 Å². The van der Waals surface area contributed by atoms with Gasteiger partial charge >= 0.3 is 0 Å². The molecule has 0 aliphatic carbocycles. The molecule has 0 aromatic heterocycles. The number of benzene rings is 2. The Balaban J connectivity index is 1.90. The lowest BCUT2D eigenvalue weighted by Crippen LogP contribution is -2.00. The normalized spacial score (nSPS) is 10.7. The zero-order valence-corrected chi connectivity index (χ0v) is 12.0. The highest BCUT2D eigenvalue weighted by Gasteiger charge is 2.02. The summed E-state index contributed by atoms with van der Waals surface area (Å²) in [5, 5.41) is 0.750. The zero-order chi connectivity index (χ0) is 13.7. The van der Waals surface area contributed by atoms with Crippen LogP contribution < -0.4 is 5.73 Å². The molecule has 0 heterocycles. The standard InChI is InChI=1S/C15H15ClFNS/c16-14-4-1-11(2-5-14)9-19-10-12-3-6-15(17)13(7-12)8-18/h1-7H,8-10,18H2. The molecule has 0 radical (unpaired) electrons. The molecular weight excluding hydrogens is 281 g/mol. The van der Waals surface area contributed by atoms with E-state index in [9.17, 15) is 4.39 Å². The SMILES string of the molecule is NCc1cc(CSCc2ccc(Cl)cc2)ccc1F. The molecule has 2 N–H and O–H groups in total. The molecule has 0 saturated carbocycles. The first-order valence-electron chi connectivity index (χ1n) is 5.98. The smallest absolute Gasteiger partial charge is 0.127 e. The molecule has 0 aliphatic rings. The first kappa shape index (κ1) is 14.4. The van der Waals surface area contributed by atoms with E-state index in [1.54, 1.807) is 11.8 Å². The van der Waals surface area contributed by atoms with Gasteiger partial charge in [-0.25, -0.2) is 4.39 Å². The Morgan fingerprint density at radius 3 is 2.32 bits per heavy atom. The monoisotopic (exact) mass is 295 g/mol. The molecule has 19 heavy (non-hydrogen) atoms. The molecule has 4 heteroatoms. The number of hydrogen-bond donors (Lipinski definition) is 1. The summed E-state index contributed by atoms with van der Waals surface area (Å²) in [6, 6.07) is 13.0. The number of thioether (sulfide) groups is 1. The third-order valence-corrected chi connectivity index (χ3v) is 4.11. The maximum absolute atomic E-state index is 13.3. The molecule has 2 rings (SSSR count). The van der Waals surface area contributed by atoms with E-state index < -0.39 is 0 Å². The van der Waals surface area contributed by atoms with Crippen LogP contribution in [-0.2, 0) is 18.1 Å². The van der Waals surface area contributed by atoms with Crippen LogP contribution in [-0.4, -0.2) is 0 Å². The van der Waals surface area contributed by atoms with Crippen LogP contribution in [0.5, 0.6) is 0 Å². The highest BCUT2D eigenvalue weighted by molar-refractivity contribution is 7.97. The van der Waals surface area contributed by atoms with Crippen molar-refractivity contribution in [3.63, 3.8) is 0 Å². The summed E-state index contributed by atoms with van der Waals surface area (Å²) in [6.45, 7) is 0.238. The van der Waals surface area contributed by atoms with E-state index in [1.165, 1.54) is 11.6 Å². The van der Waals surface area contributed by atoms with Gasteiger partial charge in [0.2, 0.25) is 0 Å². The van der Waals surface area contributed by atoms with Crippen LogP contribution in [0, 0.1) is 5.82 Å². The largest absolute Gasteiger partial charge is 0.326 e. The van der Waals surface area contributed by atoms with Gasteiger partial charge in [0, 0.05) is 28.6 Å². The van der Waals surface area contributed by atoms with Crippen molar-refractivity contribution < 1.29 is 4.39 Å². The Labute approximate surface area is 122 Å². The van der Waals surface area contributed by atoms with Crippen LogP contribution in [0.2, 0.25) is 5.02 Å². The molecular formula is C15H15ClFNS. The summed E-state index contributed by atoms with van der Waals surface area (Å²) < 4.78 is 13.3. The van der Waals surface area contributed by atoms with Crippen molar-refractivity contribution in [1.29, 1.82) is 0 Å². The summed E-state index contributed by atoms with van der Waals surface area (Å²) in [5.41, 5.74) is 8.40. The van der Waals surface area contributed by atoms with Crippen LogP contribution in [0.15, 0.2) is 42.5 Å². The number of nitrogens with two attached hydrogens (primary N) is 1. The van der Waals surface area contributed by atoms with Crippen LogP contribution in [0.1, 0.15) is 16.7 Å². The summed E-state index contributed by atoms with van der Waals surface area (Å²) >= 11 is 7.62. The second-order valence-electron chi connectivity index (χ2n) is 4.25. The summed E-state index contributed by atoms with van der Waals surface area (Å²) in [4.78, 5) is 0. The van der Waals surface area contributed by atoms with E-state index in [0.717, 1.165) is 22.1 Å². The van der Waals surface area contributed by atoms with Gasteiger partial charge in [0.25, 0.3) is 0 Å². The fraction of sp³-hybridized carbons (Fsp3) is 0.200. The Morgan fingerprint density at radius 1 is 1.00 bits per heavy atom.